The molecule has 0 amide bonds. The van der Waals surface area contributed by atoms with Gasteiger partial charge in [0.15, 0.2) is 5.16 Å². The highest BCUT2D eigenvalue weighted by Crippen LogP contribution is 2.37. The molecule has 0 aliphatic heterocycles. The zero-order valence-electron chi connectivity index (χ0n) is 11.0. The lowest BCUT2D eigenvalue weighted by Gasteiger charge is -2.13. The van der Waals surface area contributed by atoms with Gasteiger partial charge in [0.2, 0.25) is 3.79 Å². The van der Waals surface area contributed by atoms with Gasteiger partial charge in [-0.15, -0.1) is 0 Å². The predicted octanol–water partition coefficient (Wildman–Crippen LogP) is 3.10. The minimum Gasteiger partial charge on any atom is -0.374 e. The van der Waals surface area contributed by atoms with Crippen LogP contribution in [0.1, 0.15) is 11.4 Å². The summed E-state index contributed by atoms with van der Waals surface area (Å²) >= 11 is 18.9. The molecule has 0 radical (unpaired) electrons. The van der Waals surface area contributed by atoms with Gasteiger partial charge in [-0.25, -0.2) is 9.97 Å². The first-order valence-electron chi connectivity index (χ1n) is 5.54. The van der Waals surface area contributed by atoms with Gasteiger partial charge in [-0.1, -0.05) is 46.6 Å². The van der Waals surface area contributed by atoms with Crippen molar-refractivity contribution in [2.75, 3.05) is 33.5 Å². The fourth-order valence-electron chi connectivity index (χ4n) is 1.21. The maximum absolute atomic E-state index is 5.85. The van der Waals surface area contributed by atoms with E-state index in [2.05, 4.69) is 9.97 Å². The number of hydrogen-bond acceptors (Lipinski definition) is 5. The van der Waals surface area contributed by atoms with Gasteiger partial charge < -0.3 is 9.64 Å². The molecule has 1 aromatic rings. The van der Waals surface area contributed by atoms with E-state index >= 15 is 0 Å². The van der Waals surface area contributed by atoms with E-state index in [0.717, 1.165) is 6.54 Å². The molecule has 0 aliphatic carbocycles. The van der Waals surface area contributed by atoms with Crippen molar-refractivity contribution in [1.29, 1.82) is 0 Å². The van der Waals surface area contributed by atoms with Gasteiger partial charge in [-0.2, -0.15) is 0 Å². The lowest BCUT2D eigenvalue weighted by Crippen LogP contribution is -2.18. The Morgan fingerprint density at radius 3 is 2.53 bits per heavy atom. The molecule has 0 N–H and O–H groups in total. The molecule has 0 saturated carbocycles. The summed E-state index contributed by atoms with van der Waals surface area (Å²) in [5.74, 6) is 0. The molecule has 0 atom stereocenters. The van der Waals surface area contributed by atoms with Gasteiger partial charge in [0.25, 0.3) is 0 Å². The van der Waals surface area contributed by atoms with Crippen LogP contribution in [0.4, 0.5) is 0 Å². The van der Waals surface area contributed by atoms with Crippen molar-refractivity contribution in [2.45, 2.75) is 15.6 Å². The van der Waals surface area contributed by atoms with Gasteiger partial charge in [0, 0.05) is 6.54 Å². The number of thioether (sulfide) groups is 1. The number of halogens is 3. The Balaban J connectivity index is 2.72. The van der Waals surface area contributed by atoms with E-state index in [1.54, 1.807) is 6.07 Å². The predicted molar refractivity (Wildman–Crippen MR) is 81.3 cm³/mol. The summed E-state index contributed by atoms with van der Waals surface area (Å²) in [5.41, 5.74) is 1.07. The maximum Gasteiger partial charge on any atom is 0.232 e. The van der Waals surface area contributed by atoms with Gasteiger partial charge in [-0.3, -0.25) is 0 Å². The number of ether oxygens (including phenoxy) is 1. The van der Waals surface area contributed by atoms with Crippen molar-refractivity contribution < 1.29 is 4.74 Å². The highest BCUT2D eigenvalue weighted by Gasteiger charge is 2.26. The Morgan fingerprint density at radius 1 is 1.32 bits per heavy atom. The number of alkyl halides is 3. The van der Waals surface area contributed by atoms with Crippen LogP contribution in [-0.4, -0.2) is 48.4 Å². The number of rotatable bonds is 6. The van der Waals surface area contributed by atoms with E-state index < -0.39 is 3.79 Å². The fourth-order valence-corrected chi connectivity index (χ4v) is 1.90. The summed E-state index contributed by atoms with van der Waals surface area (Å²) in [6.45, 7) is 1.84. The molecule has 1 rings (SSSR count). The fraction of sp³-hybridized carbons (Fsp3) is 0.636. The van der Waals surface area contributed by atoms with E-state index in [-0.39, 0.29) is 0 Å². The monoisotopic (exact) mass is 343 g/mol. The summed E-state index contributed by atoms with van der Waals surface area (Å²) in [5, 5.41) is 0.565. The molecule has 4 nitrogen and oxygen atoms in total. The van der Waals surface area contributed by atoms with Gasteiger partial charge in [0.05, 0.1) is 24.6 Å². The second-order valence-electron chi connectivity index (χ2n) is 4.08. The average Bonchev–Trinajstić information content (AvgIpc) is 2.33. The van der Waals surface area contributed by atoms with Crippen molar-refractivity contribution in [1.82, 2.24) is 14.9 Å². The molecule has 0 fully saturated rings. The van der Waals surface area contributed by atoms with Gasteiger partial charge >= 0.3 is 0 Å². The van der Waals surface area contributed by atoms with Crippen LogP contribution in [-0.2, 0) is 15.1 Å². The molecule has 19 heavy (non-hydrogen) atoms. The first-order valence-corrected chi connectivity index (χ1v) is 7.90. The minimum atomic E-state index is -1.55. The van der Waals surface area contributed by atoms with E-state index in [1.807, 2.05) is 25.3 Å². The number of hydrogen-bond donors (Lipinski definition) is 0. The smallest absolute Gasteiger partial charge is 0.232 e. The van der Waals surface area contributed by atoms with E-state index in [1.165, 1.54) is 11.8 Å². The zero-order chi connectivity index (χ0) is 14.5. The van der Waals surface area contributed by atoms with E-state index in [0.29, 0.717) is 29.8 Å². The van der Waals surface area contributed by atoms with Crippen LogP contribution in [0.3, 0.4) is 0 Å². The summed E-state index contributed by atoms with van der Waals surface area (Å²) in [7, 11) is 3.97. The first kappa shape index (κ1) is 17.3. The summed E-state index contributed by atoms with van der Waals surface area (Å²) < 4.78 is 3.98. The highest BCUT2D eigenvalue weighted by atomic mass is 35.6. The molecule has 1 heterocycles. The third-order valence-corrected chi connectivity index (χ3v) is 3.29. The van der Waals surface area contributed by atoms with E-state index in [4.69, 9.17) is 39.5 Å². The topological polar surface area (TPSA) is 38.2 Å². The Bertz CT molecular complexity index is 413. The molecular formula is C11H16Cl3N3OS. The van der Waals surface area contributed by atoms with Crippen molar-refractivity contribution in [2.24, 2.45) is 0 Å². The highest BCUT2D eigenvalue weighted by molar-refractivity contribution is 7.98. The van der Waals surface area contributed by atoms with Crippen LogP contribution in [0.25, 0.3) is 0 Å². The Labute approximate surface area is 132 Å². The van der Waals surface area contributed by atoms with Crippen LogP contribution in [0.15, 0.2) is 11.2 Å². The minimum absolute atomic E-state index is 0.364. The van der Waals surface area contributed by atoms with Crippen LogP contribution in [0.5, 0.6) is 0 Å². The third-order valence-electron chi connectivity index (χ3n) is 2.16. The standard InChI is InChI=1S/C11H16Cl3N3OS/c1-17(2)4-5-18-7-8-6-9(11(12,13)14)16-10(15-8)19-3/h6H,4-5,7H2,1-3H3. The molecule has 8 heteroatoms. The Hall–Kier alpha value is 0.220. The maximum atomic E-state index is 5.85. The second kappa shape index (κ2) is 7.86. The van der Waals surface area contributed by atoms with Crippen LogP contribution in [0.2, 0.25) is 0 Å². The Morgan fingerprint density at radius 2 is 2.00 bits per heavy atom. The molecule has 108 valence electrons. The lowest BCUT2D eigenvalue weighted by molar-refractivity contribution is 0.102. The van der Waals surface area contributed by atoms with Gasteiger partial charge in [0.1, 0.15) is 0 Å². The third kappa shape index (κ3) is 6.47. The van der Waals surface area contributed by atoms with Crippen molar-refractivity contribution in [3.63, 3.8) is 0 Å². The molecule has 0 spiro atoms. The van der Waals surface area contributed by atoms with Crippen LogP contribution >= 0.6 is 46.6 Å². The largest absolute Gasteiger partial charge is 0.374 e. The molecule has 0 saturated heterocycles. The van der Waals surface area contributed by atoms with Crippen molar-refractivity contribution in [3.05, 3.63) is 17.5 Å². The number of aromatic nitrogens is 2. The van der Waals surface area contributed by atoms with Crippen molar-refractivity contribution in [3.8, 4) is 0 Å². The average molecular weight is 345 g/mol. The van der Waals surface area contributed by atoms with Crippen LogP contribution < -0.4 is 0 Å². The normalized spacial score (nSPS) is 12.2. The summed E-state index contributed by atoms with van der Waals surface area (Å²) in [6, 6.07) is 1.66. The molecule has 0 aromatic carbocycles. The molecule has 1 aromatic heterocycles. The van der Waals surface area contributed by atoms with Gasteiger partial charge in [-0.05, 0) is 26.4 Å². The quantitative estimate of drug-likeness (QED) is 0.343. The number of likely N-dealkylation sites (N-methyl/N-ethyl adjacent to an activating group) is 1. The first-order chi connectivity index (χ1) is 8.82. The molecule has 0 unspecified atom stereocenters. The summed E-state index contributed by atoms with van der Waals surface area (Å²) in [6.07, 6.45) is 1.87. The van der Waals surface area contributed by atoms with Crippen molar-refractivity contribution >= 4 is 46.6 Å². The Kier molecular flexibility index (Phi) is 7.14. The zero-order valence-corrected chi connectivity index (χ0v) is 14.1. The molecule has 0 bridgehead atoms. The molecular weight excluding hydrogens is 329 g/mol. The second-order valence-corrected chi connectivity index (χ2v) is 7.14. The van der Waals surface area contributed by atoms with Crippen LogP contribution in [0, 0.1) is 0 Å². The molecule has 0 aliphatic rings. The summed E-state index contributed by atoms with van der Waals surface area (Å²) in [4.78, 5) is 10.5. The van der Waals surface area contributed by atoms with E-state index in [9.17, 15) is 0 Å². The SMILES string of the molecule is CSc1nc(COCCN(C)C)cc(C(Cl)(Cl)Cl)n1. The number of nitrogens with zero attached hydrogens (tertiary/aromatic N) is 3. The lowest BCUT2D eigenvalue weighted by atomic mass is 10.3.